The first-order chi connectivity index (χ1) is 8.39. The fraction of sp³-hybridized carbons (Fsp3) is 0.625. The van der Waals surface area contributed by atoms with Gasteiger partial charge in [0.05, 0.1) is 6.04 Å². The summed E-state index contributed by atoms with van der Waals surface area (Å²) >= 11 is 0. The predicted molar refractivity (Wildman–Crippen MR) is 76.4 cm³/mol. The van der Waals surface area contributed by atoms with Gasteiger partial charge in [-0.2, -0.15) is 0 Å². The van der Waals surface area contributed by atoms with Gasteiger partial charge in [-0.3, -0.25) is 0 Å². The molecule has 2 atom stereocenters. The maximum atomic E-state index is 6.32. The van der Waals surface area contributed by atoms with Crippen molar-refractivity contribution in [2.45, 2.75) is 59.0 Å². The third kappa shape index (κ3) is 2.08. The van der Waals surface area contributed by atoms with Crippen LogP contribution in [0.1, 0.15) is 62.6 Å². The monoisotopic (exact) mass is 244 g/mol. The Morgan fingerprint density at radius 3 is 2.83 bits per heavy atom. The Hall–Kier alpha value is -1.20. The molecule has 0 radical (unpaired) electrons. The average Bonchev–Trinajstić information content (AvgIpc) is 2.58. The van der Waals surface area contributed by atoms with Crippen molar-refractivity contribution in [1.82, 2.24) is 4.57 Å². The van der Waals surface area contributed by atoms with Gasteiger partial charge < -0.3 is 10.3 Å². The summed E-state index contributed by atoms with van der Waals surface area (Å²) in [5.41, 5.74) is 10.5. The summed E-state index contributed by atoms with van der Waals surface area (Å²) in [5.74, 6) is 2.91. The highest BCUT2D eigenvalue weighted by Gasteiger charge is 2.34. The normalized spacial score (nSPS) is 23.2. The first-order valence-corrected chi connectivity index (χ1v) is 6.82. The molecular weight excluding hydrogens is 220 g/mol. The second kappa shape index (κ2) is 4.48. The average molecular weight is 244 g/mol. The number of terminal acetylenes is 1. The molecule has 2 nitrogen and oxygen atoms in total. The van der Waals surface area contributed by atoms with Gasteiger partial charge in [-0.15, -0.1) is 6.42 Å². The van der Waals surface area contributed by atoms with E-state index in [-0.39, 0.29) is 17.5 Å². The third-order valence-electron chi connectivity index (χ3n) is 4.08. The predicted octanol–water partition coefficient (Wildman–Crippen LogP) is 3.35. The van der Waals surface area contributed by atoms with E-state index >= 15 is 0 Å². The standard InChI is InChI=1S/C16H24N2/c1-6-12(7-2)18-11(3)8-13-14(17)9-16(4,5)10-15(13)18/h1,8,12,14H,7,9-10,17H2,2-5H3. The summed E-state index contributed by atoms with van der Waals surface area (Å²) in [4.78, 5) is 0. The van der Waals surface area contributed by atoms with Crippen molar-refractivity contribution in [3.05, 3.63) is 23.0 Å². The van der Waals surface area contributed by atoms with E-state index in [1.54, 1.807) is 0 Å². The molecule has 1 aliphatic carbocycles. The van der Waals surface area contributed by atoms with Crippen LogP contribution in [0.3, 0.4) is 0 Å². The van der Waals surface area contributed by atoms with Gasteiger partial charge in [0.2, 0.25) is 0 Å². The van der Waals surface area contributed by atoms with E-state index in [0.717, 1.165) is 19.3 Å². The summed E-state index contributed by atoms with van der Waals surface area (Å²) in [6.45, 7) is 8.86. The van der Waals surface area contributed by atoms with Gasteiger partial charge in [0.25, 0.3) is 0 Å². The largest absolute Gasteiger partial charge is 0.334 e. The van der Waals surface area contributed by atoms with Crippen LogP contribution in [0.25, 0.3) is 0 Å². The van der Waals surface area contributed by atoms with Crippen LogP contribution < -0.4 is 5.73 Å². The number of rotatable bonds is 2. The fourth-order valence-electron chi connectivity index (χ4n) is 3.28. The van der Waals surface area contributed by atoms with Gasteiger partial charge in [-0.05, 0) is 43.2 Å². The van der Waals surface area contributed by atoms with Gasteiger partial charge in [-0.1, -0.05) is 26.7 Å². The van der Waals surface area contributed by atoms with E-state index in [4.69, 9.17) is 12.2 Å². The van der Waals surface area contributed by atoms with E-state index in [9.17, 15) is 0 Å². The van der Waals surface area contributed by atoms with Gasteiger partial charge in [-0.25, -0.2) is 0 Å². The van der Waals surface area contributed by atoms with Crippen LogP contribution in [0.2, 0.25) is 0 Å². The third-order valence-corrected chi connectivity index (χ3v) is 4.08. The van der Waals surface area contributed by atoms with E-state index < -0.39 is 0 Å². The molecule has 0 saturated heterocycles. The number of hydrogen-bond acceptors (Lipinski definition) is 1. The van der Waals surface area contributed by atoms with Crippen molar-refractivity contribution in [2.75, 3.05) is 0 Å². The molecule has 0 spiro atoms. The maximum absolute atomic E-state index is 6.32. The number of nitrogens with two attached hydrogens (primary N) is 1. The van der Waals surface area contributed by atoms with Crippen molar-refractivity contribution in [1.29, 1.82) is 0 Å². The Kier molecular flexibility index (Phi) is 3.29. The summed E-state index contributed by atoms with van der Waals surface area (Å²) < 4.78 is 2.33. The highest BCUT2D eigenvalue weighted by molar-refractivity contribution is 5.35. The van der Waals surface area contributed by atoms with E-state index in [0.29, 0.717) is 0 Å². The van der Waals surface area contributed by atoms with Gasteiger partial charge >= 0.3 is 0 Å². The van der Waals surface area contributed by atoms with Crippen molar-refractivity contribution in [3.63, 3.8) is 0 Å². The number of aryl methyl sites for hydroxylation is 1. The zero-order valence-corrected chi connectivity index (χ0v) is 12.0. The quantitative estimate of drug-likeness (QED) is 0.795. The molecule has 1 aliphatic rings. The van der Waals surface area contributed by atoms with Crippen molar-refractivity contribution in [2.24, 2.45) is 11.1 Å². The summed E-state index contributed by atoms with van der Waals surface area (Å²) in [5, 5.41) is 0. The smallest absolute Gasteiger partial charge is 0.0941 e. The lowest BCUT2D eigenvalue weighted by molar-refractivity contribution is 0.273. The lowest BCUT2D eigenvalue weighted by atomic mass is 9.74. The molecule has 0 aliphatic heterocycles. The molecule has 2 heteroatoms. The number of nitrogens with zero attached hydrogens (tertiary/aromatic N) is 1. The lowest BCUT2D eigenvalue weighted by Gasteiger charge is -2.35. The second-order valence-electron chi connectivity index (χ2n) is 6.30. The molecule has 0 aromatic carbocycles. The summed E-state index contributed by atoms with van der Waals surface area (Å²) in [6, 6.07) is 2.55. The highest BCUT2D eigenvalue weighted by Crippen LogP contribution is 2.42. The van der Waals surface area contributed by atoms with Crippen LogP contribution in [-0.4, -0.2) is 4.57 Å². The van der Waals surface area contributed by atoms with Gasteiger partial charge in [0, 0.05) is 17.4 Å². The molecule has 2 N–H and O–H groups in total. The SMILES string of the molecule is C#CC(CC)n1c(C)cc2c1CC(C)(C)CC2N. The minimum absolute atomic E-state index is 0.152. The number of fused-ring (bicyclic) bond motifs is 1. The molecule has 1 heterocycles. The minimum atomic E-state index is 0.152. The Balaban J connectivity index is 2.55. The summed E-state index contributed by atoms with van der Waals surface area (Å²) in [7, 11) is 0. The topological polar surface area (TPSA) is 30.9 Å². The molecule has 18 heavy (non-hydrogen) atoms. The van der Waals surface area contributed by atoms with E-state index in [1.807, 2.05) is 0 Å². The second-order valence-corrected chi connectivity index (χ2v) is 6.30. The van der Waals surface area contributed by atoms with E-state index in [1.165, 1.54) is 17.0 Å². The van der Waals surface area contributed by atoms with Crippen LogP contribution in [-0.2, 0) is 6.42 Å². The molecule has 0 amide bonds. The maximum Gasteiger partial charge on any atom is 0.0941 e. The summed E-state index contributed by atoms with van der Waals surface area (Å²) in [6.07, 6.45) is 8.77. The fourth-order valence-corrected chi connectivity index (χ4v) is 3.28. The molecular formula is C16H24N2. The molecule has 2 unspecified atom stereocenters. The Morgan fingerprint density at radius 1 is 1.61 bits per heavy atom. The Labute approximate surface area is 111 Å². The lowest BCUT2D eigenvalue weighted by Crippen LogP contribution is -2.31. The number of hydrogen-bond donors (Lipinski definition) is 1. The van der Waals surface area contributed by atoms with Gasteiger partial charge in [0.1, 0.15) is 0 Å². The molecule has 0 saturated carbocycles. The van der Waals surface area contributed by atoms with Gasteiger partial charge in [0.15, 0.2) is 0 Å². The molecule has 0 fully saturated rings. The molecule has 2 rings (SSSR count). The molecule has 1 aromatic rings. The highest BCUT2D eigenvalue weighted by atomic mass is 15.0. The molecule has 0 bridgehead atoms. The van der Waals surface area contributed by atoms with E-state index in [2.05, 4.69) is 44.2 Å². The van der Waals surface area contributed by atoms with Crippen LogP contribution in [0, 0.1) is 24.7 Å². The molecule has 98 valence electrons. The number of aromatic nitrogens is 1. The van der Waals surface area contributed by atoms with Crippen LogP contribution >= 0.6 is 0 Å². The van der Waals surface area contributed by atoms with Crippen molar-refractivity contribution in [3.8, 4) is 12.3 Å². The van der Waals surface area contributed by atoms with Crippen LogP contribution in [0.4, 0.5) is 0 Å². The zero-order valence-electron chi connectivity index (χ0n) is 12.0. The van der Waals surface area contributed by atoms with Crippen molar-refractivity contribution < 1.29 is 0 Å². The van der Waals surface area contributed by atoms with Crippen molar-refractivity contribution >= 4 is 0 Å². The zero-order chi connectivity index (χ0) is 13.5. The first-order valence-electron chi connectivity index (χ1n) is 6.82. The molecule has 1 aromatic heterocycles. The van der Waals surface area contributed by atoms with Crippen LogP contribution in [0.15, 0.2) is 6.07 Å². The Morgan fingerprint density at radius 2 is 2.28 bits per heavy atom. The first kappa shape index (κ1) is 13.2. The minimum Gasteiger partial charge on any atom is -0.334 e. The Bertz CT molecular complexity index is 488. The van der Waals surface area contributed by atoms with Crippen LogP contribution in [0.5, 0.6) is 0 Å².